The molecular formula is C15H18FN3O. The lowest BCUT2D eigenvalue weighted by Crippen LogP contribution is -2.27. The fraction of sp³-hybridized carbons (Fsp3) is 0.333. The third-order valence-corrected chi connectivity index (χ3v) is 3.20. The van der Waals surface area contributed by atoms with Crippen LogP contribution >= 0.6 is 0 Å². The highest BCUT2D eigenvalue weighted by Crippen LogP contribution is 2.12. The van der Waals surface area contributed by atoms with Crippen LogP contribution in [0.4, 0.5) is 4.39 Å². The van der Waals surface area contributed by atoms with Gasteiger partial charge in [-0.05, 0) is 38.5 Å². The third-order valence-electron chi connectivity index (χ3n) is 3.20. The maximum absolute atomic E-state index is 13.1. The molecule has 0 aliphatic rings. The van der Waals surface area contributed by atoms with Crippen molar-refractivity contribution in [3.63, 3.8) is 0 Å². The summed E-state index contributed by atoms with van der Waals surface area (Å²) in [5.74, 6) is 0.344. The highest BCUT2D eigenvalue weighted by molar-refractivity contribution is 5.21. The van der Waals surface area contributed by atoms with E-state index in [-0.39, 0.29) is 17.4 Å². The van der Waals surface area contributed by atoms with E-state index < -0.39 is 0 Å². The molecule has 4 nitrogen and oxygen atoms in total. The number of nitrogens with one attached hydrogen (secondary N) is 2. The van der Waals surface area contributed by atoms with Crippen molar-refractivity contribution in [2.45, 2.75) is 33.4 Å². The van der Waals surface area contributed by atoms with Crippen LogP contribution in [0.2, 0.25) is 0 Å². The van der Waals surface area contributed by atoms with E-state index in [1.165, 1.54) is 12.1 Å². The Morgan fingerprint density at radius 3 is 2.80 bits per heavy atom. The average Bonchev–Trinajstić information content (AvgIpc) is 2.35. The Kier molecular flexibility index (Phi) is 4.29. The van der Waals surface area contributed by atoms with Gasteiger partial charge in [0.05, 0.1) is 5.56 Å². The second kappa shape index (κ2) is 5.96. The molecule has 2 N–H and O–H groups in total. The zero-order chi connectivity index (χ0) is 14.7. The first-order valence-corrected chi connectivity index (χ1v) is 6.52. The number of aromatic amines is 1. The molecule has 106 valence electrons. The lowest BCUT2D eigenvalue weighted by molar-refractivity contribution is 0.558. The van der Waals surface area contributed by atoms with Gasteiger partial charge >= 0.3 is 0 Å². The molecule has 0 aliphatic heterocycles. The van der Waals surface area contributed by atoms with Gasteiger partial charge in [0.15, 0.2) is 0 Å². The maximum atomic E-state index is 13.1. The summed E-state index contributed by atoms with van der Waals surface area (Å²) in [4.78, 5) is 18.9. The first kappa shape index (κ1) is 14.4. The zero-order valence-electron chi connectivity index (χ0n) is 11.8. The van der Waals surface area contributed by atoms with Gasteiger partial charge in [0.2, 0.25) is 0 Å². The smallest absolute Gasteiger partial charge is 0.255 e. The molecule has 0 amide bonds. The van der Waals surface area contributed by atoms with Crippen LogP contribution in [0.25, 0.3) is 0 Å². The van der Waals surface area contributed by atoms with Gasteiger partial charge in [-0.25, -0.2) is 9.37 Å². The number of rotatable bonds is 4. The molecule has 2 aromatic rings. The minimum atomic E-state index is -0.261. The summed E-state index contributed by atoms with van der Waals surface area (Å²) in [6, 6.07) is 6.24. The van der Waals surface area contributed by atoms with Gasteiger partial charge in [-0.15, -0.1) is 0 Å². The van der Waals surface area contributed by atoms with Crippen molar-refractivity contribution in [1.29, 1.82) is 0 Å². The van der Waals surface area contributed by atoms with E-state index in [0.29, 0.717) is 23.6 Å². The number of benzene rings is 1. The monoisotopic (exact) mass is 275 g/mol. The van der Waals surface area contributed by atoms with Gasteiger partial charge in [0.1, 0.15) is 11.6 Å². The molecule has 0 aliphatic carbocycles. The van der Waals surface area contributed by atoms with Crippen molar-refractivity contribution in [3.8, 4) is 0 Å². The summed E-state index contributed by atoms with van der Waals surface area (Å²) < 4.78 is 13.1. The van der Waals surface area contributed by atoms with Crippen LogP contribution in [0, 0.1) is 19.7 Å². The minimum absolute atomic E-state index is 0.130. The summed E-state index contributed by atoms with van der Waals surface area (Å²) >= 11 is 0. The lowest BCUT2D eigenvalue weighted by atomic mass is 10.1. The molecule has 0 radical (unpaired) electrons. The van der Waals surface area contributed by atoms with Crippen molar-refractivity contribution in [1.82, 2.24) is 15.3 Å². The van der Waals surface area contributed by atoms with Crippen LogP contribution in [0.1, 0.15) is 35.6 Å². The van der Waals surface area contributed by atoms with Crippen molar-refractivity contribution in [2.75, 3.05) is 0 Å². The Bertz CT molecular complexity index is 666. The molecule has 1 aromatic carbocycles. The van der Waals surface area contributed by atoms with Gasteiger partial charge in [0.25, 0.3) is 5.56 Å². The number of hydrogen-bond acceptors (Lipinski definition) is 3. The van der Waals surface area contributed by atoms with Crippen molar-refractivity contribution in [2.24, 2.45) is 0 Å². The highest BCUT2D eigenvalue weighted by Gasteiger charge is 2.14. The Morgan fingerprint density at radius 1 is 1.40 bits per heavy atom. The number of nitrogens with zero attached hydrogens (tertiary/aromatic N) is 1. The van der Waals surface area contributed by atoms with E-state index in [1.807, 2.05) is 19.9 Å². The predicted molar refractivity (Wildman–Crippen MR) is 76.0 cm³/mol. The largest absolute Gasteiger partial charge is 0.310 e. The molecule has 1 unspecified atom stereocenters. The number of aryl methyl sites for hydroxylation is 2. The molecule has 1 atom stereocenters. The van der Waals surface area contributed by atoms with E-state index in [0.717, 1.165) is 5.56 Å². The lowest BCUT2D eigenvalue weighted by Gasteiger charge is -2.15. The molecule has 1 aromatic heterocycles. The van der Waals surface area contributed by atoms with Crippen LogP contribution in [0.15, 0.2) is 29.1 Å². The first-order chi connectivity index (χ1) is 9.47. The quantitative estimate of drug-likeness (QED) is 0.900. The summed E-state index contributed by atoms with van der Waals surface area (Å²) in [5, 5.41) is 3.22. The van der Waals surface area contributed by atoms with Crippen molar-refractivity contribution in [3.05, 3.63) is 63.1 Å². The summed E-state index contributed by atoms with van der Waals surface area (Å²) in [6.45, 7) is 5.96. The molecule has 0 bridgehead atoms. The number of hydrogen-bond donors (Lipinski definition) is 2. The predicted octanol–water partition coefficient (Wildman–Crippen LogP) is 2.38. The number of halogens is 1. The van der Waals surface area contributed by atoms with Crippen LogP contribution in [0.5, 0.6) is 0 Å². The Hall–Kier alpha value is -2.01. The molecular weight excluding hydrogens is 257 g/mol. The van der Waals surface area contributed by atoms with Crippen LogP contribution in [-0.2, 0) is 6.54 Å². The van der Waals surface area contributed by atoms with Crippen molar-refractivity contribution < 1.29 is 4.39 Å². The second-order valence-corrected chi connectivity index (χ2v) is 4.88. The Morgan fingerprint density at radius 2 is 2.15 bits per heavy atom. The van der Waals surface area contributed by atoms with Gasteiger partial charge in [-0.3, -0.25) is 4.79 Å². The fourth-order valence-electron chi connectivity index (χ4n) is 2.27. The molecule has 20 heavy (non-hydrogen) atoms. The number of aromatic nitrogens is 2. The van der Waals surface area contributed by atoms with E-state index in [4.69, 9.17) is 0 Å². The van der Waals surface area contributed by atoms with Gasteiger partial charge < -0.3 is 10.3 Å². The molecule has 5 heteroatoms. The standard InChI is InChI=1S/C15H18FN3O/c1-9(14-10(2)18-11(3)19-15(14)20)17-8-12-5-4-6-13(16)7-12/h4-7,9,17H,8H2,1-3H3,(H,18,19,20). The first-order valence-electron chi connectivity index (χ1n) is 6.52. The second-order valence-electron chi connectivity index (χ2n) is 4.88. The van der Waals surface area contributed by atoms with E-state index >= 15 is 0 Å². The third kappa shape index (κ3) is 3.30. The van der Waals surface area contributed by atoms with Crippen molar-refractivity contribution >= 4 is 0 Å². The minimum Gasteiger partial charge on any atom is -0.310 e. The zero-order valence-corrected chi connectivity index (χ0v) is 11.8. The molecule has 2 rings (SSSR count). The normalized spacial score (nSPS) is 12.4. The molecule has 1 heterocycles. The highest BCUT2D eigenvalue weighted by atomic mass is 19.1. The fourth-order valence-corrected chi connectivity index (χ4v) is 2.27. The van der Waals surface area contributed by atoms with Crippen LogP contribution < -0.4 is 10.9 Å². The van der Waals surface area contributed by atoms with Crippen LogP contribution in [0.3, 0.4) is 0 Å². The number of H-pyrrole nitrogens is 1. The Balaban J connectivity index is 2.13. The van der Waals surface area contributed by atoms with Gasteiger partial charge in [0, 0.05) is 18.3 Å². The van der Waals surface area contributed by atoms with Gasteiger partial charge in [-0.1, -0.05) is 12.1 Å². The van der Waals surface area contributed by atoms with Gasteiger partial charge in [-0.2, -0.15) is 0 Å². The topological polar surface area (TPSA) is 57.8 Å². The van der Waals surface area contributed by atoms with E-state index in [2.05, 4.69) is 15.3 Å². The molecule has 0 spiro atoms. The van der Waals surface area contributed by atoms with Crippen LogP contribution in [-0.4, -0.2) is 9.97 Å². The summed E-state index contributed by atoms with van der Waals surface area (Å²) in [6.07, 6.45) is 0. The Labute approximate surface area is 117 Å². The average molecular weight is 275 g/mol. The molecule has 0 fully saturated rings. The molecule has 0 saturated carbocycles. The maximum Gasteiger partial charge on any atom is 0.255 e. The SMILES string of the molecule is Cc1nc(C)c(C(C)NCc2cccc(F)c2)c(=O)[nH]1. The van der Waals surface area contributed by atoms with E-state index in [1.54, 1.807) is 13.0 Å². The van der Waals surface area contributed by atoms with E-state index in [9.17, 15) is 9.18 Å². The summed E-state index contributed by atoms with van der Waals surface area (Å²) in [7, 11) is 0. The summed E-state index contributed by atoms with van der Waals surface area (Å²) in [5.41, 5.74) is 2.04. The molecule has 0 saturated heterocycles.